The largest absolute Gasteiger partial charge is 0.466 e. The predicted octanol–water partition coefficient (Wildman–Crippen LogP) is 2.56. The Morgan fingerprint density at radius 3 is 2.80 bits per heavy atom. The maximum atomic E-state index is 12.0. The zero-order valence-corrected chi connectivity index (χ0v) is 12.4. The van der Waals surface area contributed by atoms with Gasteiger partial charge in [-0.05, 0) is 37.3 Å². The maximum absolute atomic E-state index is 12.0. The van der Waals surface area contributed by atoms with Gasteiger partial charge in [0.15, 0.2) is 0 Å². The number of carbonyl (C=O) groups is 2. The van der Waals surface area contributed by atoms with E-state index in [9.17, 15) is 9.59 Å². The molecule has 1 saturated heterocycles. The van der Waals surface area contributed by atoms with Gasteiger partial charge in [-0.2, -0.15) is 0 Å². The maximum Gasteiger partial charge on any atom is 0.309 e. The second kappa shape index (κ2) is 7.24. The van der Waals surface area contributed by atoms with Crippen molar-refractivity contribution in [2.24, 2.45) is 5.92 Å². The van der Waals surface area contributed by atoms with Crippen LogP contribution in [0.15, 0.2) is 23.6 Å². The standard InChI is InChI=1S/C15H19NO3S/c1-2-19-15(18)12-7-9-16(10-8-12)14(17)6-5-13-4-3-11-20-13/h3-6,11-12H,2,7-10H2,1H3. The highest BCUT2D eigenvalue weighted by atomic mass is 32.1. The van der Waals surface area contributed by atoms with Crippen LogP contribution in [0, 0.1) is 5.92 Å². The number of rotatable bonds is 4. The lowest BCUT2D eigenvalue weighted by Crippen LogP contribution is -2.39. The molecule has 0 aromatic carbocycles. The van der Waals surface area contributed by atoms with Crippen LogP contribution in [-0.4, -0.2) is 36.5 Å². The van der Waals surface area contributed by atoms with Crippen molar-refractivity contribution < 1.29 is 14.3 Å². The SMILES string of the molecule is CCOC(=O)C1CCN(C(=O)C=Cc2cccs2)CC1. The Kier molecular flexibility index (Phi) is 5.35. The molecule has 1 aliphatic heterocycles. The van der Waals surface area contributed by atoms with Crippen molar-refractivity contribution in [2.45, 2.75) is 19.8 Å². The molecule has 0 spiro atoms. The van der Waals surface area contributed by atoms with Crippen molar-refractivity contribution >= 4 is 29.3 Å². The Bertz CT molecular complexity index is 473. The number of hydrogen-bond donors (Lipinski definition) is 0. The molecule has 0 saturated carbocycles. The smallest absolute Gasteiger partial charge is 0.309 e. The molecular formula is C15H19NO3S. The molecule has 1 fully saturated rings. The molecule has 1 amide bonds. The summed E-state index contributed by atoms with van der Waals surface area (Å²) >= 11 is 1.60. The van der Waals surface area contributed by atoms with Gasteiger partial charge in [0.05, 0.1) is 12.5 Å². The number of ether oxygens (including phenoxy) is 1. The van der Waals surface area contributed by atoms with E-state index < -0.39 is 0 Å². The number of nitrogens with zero attached hydrogens (tertiary/aromatic N) is 1. The molecule has 1 aromatic rings. The lowest BCUT2D eigenvalue weighted by molar-refractivity contribution is -0.150. The predicted molar refractivity (Wildman–Crippen MR) is 79.3 cm³/mol. The molecule has 0 bridgehead atoms. The lowest BCUT2D eigenvalue weighted by Gasteiger charge is -2.30. The number of likely N-dealkylation sites (tertiary alicyclic amines) is 1. The number of esters is 1. The van der Waals surface area contributed by atoms with Crippen molar-refractivity contribution in [1.82, 2.24) is 4.90 Å². The molecule has 2 rings (SSSR count). The zero-order chi connectivity index (χ0) is 14.4. The van der Waals surface area contributed by atoms with Crippen LogP contribution in [0.2, 0.25) is 0 Å². The highest BCUT2D eigenvalue weighted by Gasteiger charge is 2.27. The van der Waals surface area contributed by atoms with Gasteiger partial charge in [0, 0.05) is 24.0 Å². The van der Waals surface area contributed by atoms with E-state index in [4.69, 9.17) is 4.74 Å². The fourth-order valence-electron chi connectivity index (χ4n) is 2.24. The number of thiophene rings is 1. The number of piperidine rings is 1. The van der Waals surface area contributed by atoms with Gasteiger partial charge in [-0.15, -0.1) is 11.3 Å². The van der Waals surface area contributed by atoms with Crippen LogP contribution in [0.25, 0.3) is 6.08 Å². The molecule has 0 N–H and O–H groups in total. The summed E-state index contributed by atoms with van der Waals surface area (Å²) in [7, 11) is 0. The van der Waals surface area contributed by atoms with E-state index in [1.54, 1.807) is 22.3 Å². The first-order valence-corrected chi connectivity index (χ1v) is 7.75. The third-order valence-corrected chi connectivity index (χ3v) is 4.20. The Labute approximate surface area is 123 Å². The molecule has 2 heterocycles. The van der Waals surface area contributed by atoms with Gasteiger partial charge in [-0.1, -0.05) is 6.07 Å². The van der Waals surface area contributed by atoms with E-state index >= 15 is 0 Å². The molecule has 108 valence electrons. The number of carbonyl (C=O) groups excluding carboxylic acids is 2. The average molecular weight is 293 g/mol. The summed E-state index contributed by atoms with van der Waals surface area (Å²) in [5.41, 5.74) is 0. The second-order valence-electron chi connectivity index (χ2n) is 4.70. The van der Waals surface area contributed by atoms with E-state index in [1.165, 1.54) is 0 Å². The Balaban J connectivity index is 1.81. The number of amides is 1. The van der Waals surface area contributed by atoms with Crippen molar-refractivity contribution in [3.8, 4) is 0 Å². The van der Waals surface area contributed by atoms with Crippen LogP contribution in [0.1, 0.15) is 24.6 Å². The third-order valence-electron chi connectivity index (χ3n) is 3.36. The molecule has 0 radical (unpaired) electrons. The van der Waals surface area contributed by atoms with Crippen LogP contribution in [0.4, 0.5) is 0 Å². The van der Waals surface area contributed by atoms with Crippen LogP contribution >= 0.6 is 11.3 Å². The highest BCUT2D eigenvalue weighted by Crippen LogP contribution is 2.19. The van der Waals surface area contributed by atoms with E-state index in [1.807, 2.05) is 30.5 Å². The van der Waals surface area contributed by atoms with Gasteiger partial charge in [-0.25, -0.2) is 0 Å². The Morgan fingerprint density at radius 1 is 1.45 bits per heavy atom. The van der Waals surface area contributed by atoms with E-state index in [0.29, 0.717) is 32.5 Å². The monoisotopic (exact) mass is 293 g/mol. The van der Waals surface area contributed by atoms with Gasteiger partial charge < -0.3 is 9.64 Å². The summed E-state index contributed by atoms with van der Waals surface area (Å²) in [5.74, 6) is -0.172. The zero-order valence-electron chi connectivity index (χ0n) is 11.6. The van der Waals surface area contributed by atoms with Crippen molar-refractivity contribution in [3.63, 3.8) is 0 Å². The summed E-state index contributed by atoms with van der Waals surface area (Å²) < 4.78 is 5.02. The van der Waals surface area contributed by atoms with Crippen molar-refractivity contribution in [1.29, 1.82) is 0 Å². The minimum Gasteiger partial charge on any atom is -0.466 e. The van der Waals surface area contributed by atoms with Gasteiger partial charge >= 0.3 is 5.97 Å². The Hall–Kier alpha value is -1.62. The fraction of sp³-hybridized carbons (Fsp3) is 0.467. The average Bonchev–Trinajstić information content (AvgIpc) is 2.98. The molecule has 20 heavy (non-hydrogen) atoms. The van der Waals surface area contributed by atoms with Gasteiger partial charge in [0.2, 0.25) is 5.91 Å². The highest BCUT2D eigenvalue weighted by molar-refractivity contribution is 7.10. The second-order valence-corrected chi connectivity index (χ2v) is 5.68. The molecule has 0 atom stereocenters. The van der Waals surface area contributed by atoms with Crippen LogP contribution in [-0.2, 0) is 14.3 Å². The van der Waals surface area contributed by atoms with Gasteiger partial charge in [-0.3, -0.25) is 9.59 Å². The van der Waals surface area contributed by atoms with E-state index in [-0.39, 0.29) is 17.8 Å². The minimum atomic E-state index is -0.131. The first-order chi connectivity index (χ1) is 9.70. The minimum absolute atomic E-state index is 0.0145. The summed E-state index contributed by atoms with van der Waals surface area (Å²) in [6.45, 7) is 3.47. The molecule has 0 unspecified atom stereocenters. The third kappa shape index (κ3) is 3.93. The van der Waals surface area contributed by atoms with Crippen LogP contribution in [0.5, 0.6) is 0 Å². The van der Waals surface area contributed by atoms with Crippen molar-refractivity contribution in [2.75, 3.05) is 19.7 Å². The normalized spacial score (nSPS) is 16.6. The summed E-state index contributed by atoms with van der Waals surface area (Å²) in [5, 5.41) is 1.98. The molecular weight excluding hydrogens is 274 g/mol. The van der Waals surface area contributed by atoms with Crippen LogP contribution < -0.4 is 0 Å². The van der Waals surface area contributed by atoms with E-state index in [2.05, 4.69) is 0 Å². The number of hydrogen-bond acceptors (Lipinski definition) is 4. The summed E-state index contributed by atoms with van der Waals surface area (Å²) in [6, 6.07) is 3.93. The molecule has 5 heteroatoms. The van der Waals surface area contributed by atoms with Gasteiger partial charge in [0.25, 0.3) is 0 Å². The molecule has 0 aliphatic carbocycles. The van der Waals surface area contributed by atoms with Crippen LogP contribution in [0.3, 0.4) is 0 Å². The first kappa shape index (κ1) is 14.8. The quantitative estimate of drug-likeness (QED) is 0.633. The van der Waals surface area contributed by atoms with E-state index in [0.717, 1.165) is 4.88 Å². The Morgan fingerprint density at radius 2 is 2.20 bits per heavy atom. The van der Waals surface area contributed by atoms with Crippen molar-refractivity contribution in [3.05, 3.63) is 28.5 Å². The topological polar surface area (TPSA) is 46.6 Å². The molecule has 4 nitrogen and oxygen atoms in total. The summed E-state index contributed by atoms with van der Waals surface area (Å²) in [6.07, 6.45) is 4.83. The fourth-order valence-corrected chi connectivity index (χ4v) is 2.86. The summed E-state index contributed by atoms with van der Waals surface area (Å²) in [4.78, 5) is 26.5. The van der Waals surface area contributed by atoms with Gasteiger partial charge in [0.1, 0.15) is 0 Å². The molecule has 1 aliphatic rings. The lowest BCUT2D eigenvalue weighted by atomic mass is 9.97. The first-order valence-electron chi connectivity index (χ1n) is 6.88. The molecule has 1 aromatic heterocycles.